The van der Waals surface area contributed by atoms with Gasteiger partial charge in [-0.25, -0.2) is 9.19 Å². The molecule has 0 bridgehead atoms. The average Bonchev–Trinajstić information content (AvgIpc) is 3.24. The molecule has 0 spiro atoms. The zero-order chi connectivity index (χ0) is 33.5. The van der Waals surface area contributed by atoms with E-state index < -0.39 is 11.0 Å². The number of anilines is 1. The third-order valence-electron chi connectivity index (χ3n) is 9.45. The molecule has 5 atom stereocenters. The lowest BCUT2D eigenvalue weighted by Gasteiger charge is -2.44. The van der Waals surface area contributed by atoms with E-state index in [1.165, 1.54) is 11.1 Å². The van der Waals surface area contributed by atoms with E-state index in [9.17, 15) is 9.00 Å². The molecule has 252 valence electrons. The molecule has 5 unspecified atom stereocenters. The van der Waals surface area contributed by atoms with E-state index in [1.54, 1.807) is 19.4 Å². The van der Waals surface area contributed by atoms with Crippen molar-refractivity contribution in [1.29, 1.82) is 0 Å². The maximum atomic E-state index is 13.2. The third kappa shape index (κ3) is 8.21. The summed E-state index contributed by atoms with van der Waals surface area (Å²) in [6.45, 7) is 10.1. The quantitative estimate of drug-likeness (QED) is 0.184. The summed E-state index contributed by atoms with van der Waals surface area (Å²) in [6.07, 6.45) is 11.5. The molecule has 2 aromatic carbocycles. The van der Waals surface area contributed by atoms with Crippen LogP contribution in [0.15, 0.2) is 66.9 Å². The number of ether oxygens (including phenoxy) is 2. The number of benzene rings is 2. The van der Waals surface area contributed by atoms with E-state index in [4.69, 9.17) is 21.1 Å². The molecular weight excluding hydrogens is 630 g/mol. The van der Waals surface area contributed by atoms with Gasteiger partial charge in [0.1, 0.15) is 16.7 Å². The predicted molar refractivity (Wildman–Crippen MR) is 192 cm³/mol. The Bertz CT molecular complexity index is 1590. The Morgan fingerprint density at radius 1 is 1.19 bits per heavy atom. The number of amides is 1. The summed E-state index contributed by atoms with van der Waals surface area (Å²) in [6, 6.07) is 15.9. The van der Waals surface area contributed by atoms with Crippen LogP contribution in [0.1, 0.15) is 92.3 Å². The number of fused-ring (bicyclic) bond motifs is 1. The first-order valence-corrected chi connectivity index (χ1v) is 18.5. The first kappa shape index (κ1) is 35.0. The summed E-state index contributed by atoms with van der Waals surface area (Å²) in [7, 11) is 0.221. The Labute approximate surface area is 287 Å². The van der Waals surface area contributed by atoms with Crippen molar-refractivity contribution in [3.05, 3.63) is 94.2 Å². The Morgan fingerprint density at radius 3 is 2.72 bits per heavy atom. The third-order valence-corrected chi connectivity index (χ3v) is 10.9. The SMILES string of the molecule is CC/C=C/C(c1cccnc1OC)C1CCC1CN1CC(c2ccc(Cl)cc2CCC)COc2ccc(C(=O)NS(=O)C(C)C)cc21. The molecule has 5 rings (SSSR count). The number of carbonyl (C=O) groups excluding carboxylic acids is 1. The fraction of sp³-hybridized carbons (Fsp3) is 0.474. The van der Waals surface area contributed by atoms with Crippen LogP contribution in [0.5, 0.6) is 11.6 Å². The van der Waals surface area contributed by atoms with Gasteiger partial charge in [0.2, 0.25) is 5.88 Å². The summed E-state index contributed by atoms with van der Waals surface area (Å²) in [5.74, 6) is 2.20. The van der Waals surface area contributed by atoms with Gasteiger partial charge in [-0.1, -0.05) is 56.2 Å². The van der Waals surface area contributed by atoms with Crippen LogP contribution in [0.2, 0.25) is 5.02 Å². The van der Waals surface area contributed by atoms with Gasteiger partial charge >= 0.3 is 0 Å². The molecule has 1 saturated carbocycles. The monoisotopic (exact) mass is 677 g/mol. The maximum Gasteiger partial charge on any atom is 0.263 e. The molecule has 47 heavy (non-hydrogen) atoms. The van der Waals surface area contributed by atoms with E-state index in [-0.39, 0.29) is 23.0 Å². The van der Waals surface area contributed by atoms with E-state index in [1.807, 2.05) is 38.1 Å². The highest BCUT2D eigenvalue weighted by Crippen LogP contribution is 2.48. The lowest BCUT2D eigenvalue weighted by atomic mass is 9.65. The number of carbonyl (C=O) groups is 1. The molecule has 9 heteroatoms. The number of rotatable bonds is 13. The summed E-state index contributed by atoms with van der Waals surface area (Å²) in [4.78, 5) is 20.2. The summed E-state index contributed by atoms with van der Waals surface area (Å²) in [5, 5.41) is 0.566. The standard InChI is InChI=1S/C38H48ClN3O4S/c1-6-8-11-33(34-12-9-19-40-38(34)45-5)32-16-13-28(32)22-42-23-29(31-17-15-30(39)20-26(31)10-7-2)24-46-36-18-14-27(21-35(36)42)37(43)41-47(44)25(3)4/h8-9,11-12,14-15,17-21,25,28-29,32-33H,6-7,10,13,16,22-24H2,1-5H3,(H,41,43)/b11-8+. The average molecular weight is 678 g/mol. The number of pyridine rings is 1. The summed E-state index contributed by atoms with van der Waals surface area (Å²) < 4.78 is 27.4. The second kappa shape index (κ2) is 16.2. The van der Waals surface area contributed by atoms with Crippen molar-refractivity contribution in [3.63, 3.8) is 0 Å². The predicted octanol–water partition coefficient (Wildman–Crippen LogP) is 8.26. The highest BCUT2D eigenvalue weighted by molar-refractivity contribution is 7.84. The van der Waals surface area contributed by atoms with E-state index in [0.29, 0.717) is 29.9 Å². The summed E-state index contributed by atoms with van der Waals surface area (Å²) >= 11 is 6.46. The number of methoxy groups -OCH3 is 1. The molecule has 1 aromatic heterocycles. The minimum Gasteiger partial charge on any atom is -0.491 e. The van der Waals surface area contributed by atoms with Gasteiger partial charge in [-0.15, -0.1) is 0 Å². The van der Waals surface area contributed by atoms with Crippen LogP contribution in [0.25, 0.3) is 0 Å². The van der Waals surface area contributed by atoms with Crippen molar-refractivity contribution in [1.82, 2.24) is 9.71 Å². The van der Waals surface area contributed by atoms with Gasteiger partial charge in [-0.3, -0.25) is 9.52 Å². The van der Waals surface area contributed by atoms with Crippen LogP contribution >= 0.6 is 11.6 Å². The fourth-order valence-corrected chi connectivity index (χ4v) is 7.62. The Hall–Kier alpha value is -3.36. The highest BCUT2D eigenvalue weighted by Gasteiger charge is 2.40. The molecule has 1 N–H and O–H groups in total. The van der Waals surface area contributed by atoms with E-state index >= 15 is 0 Å². The van der Waals surface area contributed by atoms with Crippen molar-refractivity contribution >= 4 is 34.2 Å². The van der Waals surface area contributed by atoms with Gasteiger partial charge < -0.3 is 14.4 Å². The molecular formula is C38H48ClN3O4S. The molecule has 1 fully saturated rings. The van der Waals surface area contributed by atoms with Crippen LogP contribution < -0.4 is 19.1 Å². The number of hydrogen-bond donors (Lipinski definition) is 1. The van der Waals surface area contributed by atoms with Crippen molar-refractivity contribution in [2.24, 2.45) is 11.8 Å². The number of nitrogens with zero attached hydrogens (tertiary/aromatic N) is 2. The van der Waals surface area contributed by atoms with Gasteiger partial charge in [0, 0.05) is 52.5 Å². The zero-order valence-electron chi connectivity index (χ0n) is 28.2. The van der Waals surface area contributed by atoms with Crippen molar-refractivity contribution in [2.45, 2.75) is 76.9 Å². The molecule has 1 aliphatic heterocycles. The van der Waals surface area contributed by atoms with E-state index in [2.05, 4.69) is 58.8 Å². The van der Waals surface area contributed by atoms with Gasteiger partial charge in [0.05, 0.1) is 19.4 Å². The fourth-order valence-electron chi connectivity index (χ4n) is 6.89. The molecule has 0 radical (unpaired) electrons. The van der Waals surface area contributed by atoms with Crippen LogP contribution in [0.4, 0.5) is 5.69 Å². The number of aromatic nitrogens is 1. The lowest BCUT2D eigenvalue weighted by Crippen LogP contribution is -2.42. The van der Waals surface area contributed by atoms with Gasteiger partial charge in [-0.05, 0) is 98.9 Å². The lowest BCUT2D eigenvalue weighted by molar-refractivity contribution is 0.0982. The number of nitrogens with one attached hydrogen (secondary N) is 1. The number of halogens is 1. The van der Waals surface area contributed by atoms with Crippen LogP contribution in [-0.4, -0.2) is 47.2 Å². The Morgan fingerprint density at radius 2 is 2.02 bits per heavy atom. The molecule has 1 amide bonds. The molecule has 3 aromatic rings. The number of hydrogen-bond acceptors (Lipinski definition) is 6. The van der Waals surface area contributed by atoms with Crippen molar-refractivity contribution in [2.75, 3.05) is 31.7 Å². The van der Waals surface area contributed by atoms with Gasteiger partial charge in [0.25, 0.3) is 5.91 Å². The van der Waals surface area contributed by atoms with E-state index in [0.717, 1.165) is 67.2 Å². The van der Waals surface area contributed by atoms with Gasteiger partial charge in [-0.2, -0.15) is 0 Å². The number of allylic oxidation sites excluding steroid dienone is 2. The van der Waals surface area contributed by atoms with Gasteiger partial charge in [0.15, 0.2) is 0 Å². The molecule has 7 nitrogen and oxygen atoms in total. The largest absolute Gasteiger partial charge is 0.491 e. The molecule has 2 heterocycles. The van der Waals surface area contributed by atoms with Crippen LogP contribution in [0.3, 0.4) is 0 Å². The topological polar surface area (TPSA) is 80.8 Å². The molecule has 2 aliphatic rings. The smallest absolute Gasteiger partial charge is 0.263 e. The zero-order valence-corrected chi connectivity index (χ0v) is 29.8. The molecule has 0 saturated heterocycles. The second-order valence-corrected chi connectivity index (χ2v) is 15.1. The van der Waals surface area contributed by atoms with Crippen molar-refractivity contribution < 1.29 is 18.5 Å². The minimum absolute atomic E-state index is 0.111. The Balaban J connectivity index is 1.50. The Kier molecular flexibility index (Phi) is 12.0. The first-order chi connectivity index (χ1) is 22.7. The van der Waals surface area contributed by atoms with Crippen LogP contribution in [-0.2, 0) is 17.4 Å². The van der Waals surface area contributed by atoms with Crippen molar-refractivity contribution in [3.8, 4) is 11.6 Å². The van der Waals surface area contributed by atoms with Crippen LogP contribution in [0, 0.1) is 11.8 Å². The first-order valence-electron chi connectivity index (χ1n) is 16.9. The normalized spacial score (nSPS) is 20.6. The second-order valence-electron chi connectivity index (χ2n) is 12.9. The maximum absolute atomic E-state index is 13.2. The summed E-state index contributed by atoms with van der Waals surface area (Å²) in [5.41, 5.74) is 5.00. The minimum atomic E-state index is -1.47. The molecule has 1 aliphatic carbocycles. The highest BCUT2D eigenvalue weighted by atomic mass is 35.5. The number of aryl methyl sites for hydroxylation is 1.